The van der Waals surface area contributed by atoms with E-state index in [4.69, 9.17) is 5.26 Å². The average molecular weight is 230 g/mol. The molecular formula is C10H6N4O3. The zero-order chi connectivity index (χ0) is 12.4. The van der Waals surface area contributed by atoms with E-state index in [2.05, 4.69) is 5.32 Å². The van der Waals surface area contributed by atoms with Gasteiger partial charge in [0.25, 0.3) is 11.9 Å². The van der Waals surface area contributed by atoms with Crippen molar-refractivity contribution in [2.45, 2.75) is 0 Å². The van der Waals surface area contributed by atoms with E-state index in [1.54, 1.807) is 18.2 Å². The highest BCUT2D eigenvalue weighted by Gasteiger charge is 2.25. The molecule has 0 fully saturated rings. The van der Waals surface area contributed by atoms with Crippen LogP contribution in [-0.4, -0.2) is 6.41 Å². The standard InChI is InChI=1S/C10H6N4O3/c11-5-9-10(12-6-15)14(17)8-4-2-1-3-7(8)13(9)16/h1-4,6H,(H,12,15). The number of carbonyl (C=O) groups is 1. The van der Waals surface area contributed by atoms with Gasteiger partial charge in [-0.2, -0.15) is 5.26 Å². The molecule has 0 bridgehead atoms. The molecule has 2 aromatic rings. The number of hydrogen-bond donors (Lipinski definition) is 1. The Morgan fingerprint density at radius 1 is 1.24 bits per heavy atom. The summed E-state index contributed by atoms with van der Waals surface area (Å²) in [6.45, 7) is 0. The van der Waals surface area contributed by atoms with Gasteiger partial charge in [0.2, 0.25) is 5.52 Å². The molecule has 7 heteroatoms. The Kier molecular flexibility index (Phi) is 2.46. The molecule has 0 saturated carbocycles. The Morgan fingerprint density at radius 2 is 1.82 bits per heavy atom. The van der Waals surface area contributed by atoms with Crippen molar-refractivity contribution in [1.29, 1.82) is 5.26 Å². The fraction of sp³-hybridized carbons (Fsp3) is 0. The molecule has 1 aromatic carbocycles. The lowest BCUT2D eigenvalue weighted by atomic mass is 10.3. The van der Waals surface area contributed by atoms with E-state index in [0.717, 1.165) is 0 Å². The third-order valence-electron chi connectivity index (χ3n) is 2.25. The molecule has 7 nitrogen and oxygen atoms in total. The van der Waals surface area contributed by atoms with Gasteiger partial charge < -0.3 is 10.4 Å². The summed E-state index contributed by atoms with van der Waals surface area (Å²) >= 11 is 0. The number of aromatic nitrogens is 2. The van der Waals surface area contributed by atoms with Crippen LogP contribution >= 0.6 is 0 Å². The summed E-state index contributed by atoms with van der Waals surface area (Å²) in [4.78, 5) is 10.4. The van der Waals surface area contributed by atoms with Crippen LogP contribution in [-0.2, 0) is 4.79 Å². The second-order valence-electron chi connectivity index (χ2n) is 3.15. The molecule has 0 aliphatic heterocycles. The number of amides is 1. The van der Waals surface area contributed by atoms with Crippen molar-refractivity contribution >= 4 is 23.3 Å². The van der Waals surface area contributed by atoms with Crippen LogP contribution in [0.15, 0.2) is 24.3 Å². The number of nitriles is 1. The van der Waals surface area contributed by atoms with Gasteiger partial charge in [0.05, 0.1) is 0 Å². The summed E-state index contributed by atoms with van der Waals surface area (Å²) < 4.78 is 0.659. The minimum absolute atomic E-state index is 0.0653. The number of nitrogens with one attached hydrogen (secondary N) is 1. The van der Waals surface area contributed by atoms with Crippen molar-refractivity contribution < 1.29 is 14.3 Å². The Bertz CT molecular complexity index is 648. The molecule has 17 heavy (non-hydrogen) atoms. The van der Waals surface area contributed by atoms with E-state index < -0.39 is 5.69 Å². The zero-order valence-electron chi connectivity index (χ0n) is 8.45. The fourth-order valence-corrected chi connectivity index (χ4v) is 1.52. The molecular weight excluding hydrogens is 224 g/mol. The number of fused-ring (bicyclic) bond motifs is 1. The third-order valence-corrected chi connectivity index (χ3v) is 2.25. The van der Waals surface area contributed by atoms with Gasteiger partial charge in [-0.25, -0.2) is 10.0 Å². The first kappa shape index (κ1) is 10.6. The molecule has 0 aliphatic carbocycles. The number of carbonyl (C=O) groups excluding carboxylic acids is 1. The fourth-order valence-electron chi connectivity index (χ4n) is 1.52. The maximum atomic E-state index is 11.8. The molecule has 2 rings (SSSR count). The largest absolute Gasteiger partial charge is 0.710 e. The molecule has 0 aliphatic rings. The van der Waals surface area contributed by atoms with Crippen molar-refractivity contribution in [2.75, 3.05) is 5.32 Å². The van der Waals surface area contributed by atoms with Gasteiger partial charge in [-0.15, -0.1) is 4.73 Å². The van der Waals surface area contributed by atoms with Crippen LogP contribution < -0.4 is 14.8 Å². The summed E-state index contributed by atoms with van der Waals surface area (Å²) in [7, 11) is 0. The number of hydrogen-bond acceptors (Lipinski definition) is 4. The van der Waals surface area contributed by atoms with Gasteiger partial charge in [0, 0.05) is 6.07 Å². The number of anilines is 1. The van der Waals surface area contributed by atoms with Gasteiger partial charge in [-0.3, -0.25) is 4.79 Å². The van der Waals surface area contributed by atoms with Crippen molar-refractivity contribution in [2.24, 2.45) is 0 Å². The van der Waals surface area contributed by atoms with Crippen LogP contribution in [0.1, 0.15) is 5.69 Å². The SMILES string of the molecule is N#Cc1c(NC=O)[n+]([O-])c2ccccc2[n+]1[O-]. The number of nitrogens with zero attached hydrogens (tertiary/aromatic N) is 3. The van der Waals surface area contributed by atoms with Crippen LogP contribution in [0.2, 0.25) is 0 Å². The second kappa shape index (κ2) is 3.94. The number of benzene rings is 1. The first-order chi connectivity index (χ1) is 8.20. The Hall–Kier alpha value is -2.88. The molecule has 1 N–H and O–H groups in total. The zero-order valence-corrected chi connectivity index (χ0v) is 8.45. The average Bonchev–Trinajstić information content (AvgIpc) is 2.36. The molecule has 0 radical (unpaired) electrons. The van der Waals surface area contributed by atoms with Crippen LogP contribution in [0.25, 0.3) is 11.0 Å². The highest BCUT2D eigenvalue weighted by atomic mass is 16.5. The van der Waals surface area contributed by atoms with E-state index in [9.17, 15) is 15.2 Å². The van der Waals surface area contributed by atoms with Crippen LogP contribution in [0, 0.1) is 21.7 Å². The van der Waals surface area contributed by atoms with Crippen LogP contribution in [0.4, 0.5) is 5.82 Å². The van der Waals surface area contributed by atoms with E-state index in [0.29, 0.717) is 9.46 Å². The van der Waals surface area contributed by atoms with E-state index in [-0.39, 0.29) is 23.3 Å². The van der Waals surface area contributed by atoms with Crippen molar-refractivity contribution in [3.05, 3.63) is 40.4 Å². The monoisotopic (exact) mass is 230 g/mol. The molecule has 1 heterocycles. The van der Waals surface area contributed by atoms with Crippen molar-refractivity contribution in [3.8, 4) is 6.07 Å². The molecule has 84 valence electrons. The highest BCUT2D eigenvalue weighted by molar-refractivity contribution is 5.73. The van der Waals surface area contributed by atoms with Crippen molar-refractivity contribution in [1.82, 2.24) is 0 Å². The van der Waals surface area contributed by atoms with E-state index >= 15 is 0 Å². The quantitative estimate of drug-likeness (QED) is 0.428. The summed E-state index contributed by atoms with van der Waals surface area (Å²) in [5, 5.41) is 34.5. The summed E-state index contributed by atoms with van der Waals surface area (Å²) in [5.41, 5.74) is -0.313. The van der Waals surface area contributed by atoms with Crippen LogP contribution in [0.5, 0.6) is 0 Å². The Labute approximate surface area is 95.3 Å². The lowest BCUT2D eigenvalue weighted by molar-refractivity contribution is -0.620. The number of para-hydroxylation sites is 2. The van der Waals surface area contributed by atoms with Gasteiger partial charge in [-0.1, -0.05) is 12.1 Å². The Balaban J connectivity index is 2.94. The normalized spacial score (nSPS) is 9.82. The van der Waals surface area contributed by atoms with Gasteiger partial charge >= 0.3 is 11.5 Å². The molecule has 0 atom stereocenters. The van der Waals surface area contributed by atoms with Crippen molar-refractivity contribution in [3.63, 3.8) is 0 Å². The topological polar surface area (TPSA) is 107 Å². The van der Waals surface area contributed by atoms with Crippen LogP contribution in [0.3, 0.4) is 0 Å². The second-order valence-corrected chi connectivity index (χ2v) is 3.15. The first-order valence-electron chi connectivity index (χ1n) is 4.58. The lowest BCUT2D eigenvalue weighted by Gasteiger charge is -2.11. The van der Waals surface area contributed by atoms with Gasteiger partial charge in [-0.05, 0) is 6.07 Å². The molecule has 0 spiro atoms. The first-order valence-corrected chi connectivity index (χ1v) is 4.58. The molecule has 1 aromatic heterocycles. The predicted octanol–water partition coefficient (Wildman–Crippen LogP) is -0.453. The van der Waals surface area contributed by atoms with E-state index in [1.165, 1.54) is 12.1 Å². The molecule has 0 unspecified atom stereocenters. The predicted molar refractivity (Wildman–Crippen MR) is 56.3 cm³/mol. The minimum Gasteiger partial charge on any atom is -0.710 e. The molecule has 1 amide bonds. The van der Waals surface area contributed by atoms with Gasteiger partial charge in [0.1, 0.15) is 0 Å². The smallest absolute Gasteiger partial charge is 0.386 e. The minimum atomic E-state index is -0.453. The summed E-state index contributed by atoms with van der Waals surface area (Å²) in [6, 6.07) is 7.58. The maximum Gasteiger partial charge on any atom is 0.386 e. The summed E-state index contributed by atoms with van der Waals surface area (Å²) in [6.07, 6.45) is 0.235. The number of rotatable bonds is 2. The maximum absolute atomic E-state index is 11.8. The van der Waals surface area contributed by atoms with Gasteiger partial charge in [0.15, 0.2) is 6.07 Å². The molecule has 0 saturated heterocycles. The third kappa shape index (κ3) is 1.48. The lowest BCUT2D eigenvalue weighted by Crippen LogP contribution is -2.43. The highest BCUT2D eigenvalue weighted by Crippen LogP contribution is 2.11. The van der Waals surface area contributed by atoms with E-state index in [1.807, 2.05) is 0 Å². The Morgan fingerprint density at radius 3 is 2.35 bits per heavy atom. The summed E-state index contributed by atoms with van der Waals surface area (Å²) in [5.74, 6) is -0.379.